The fourth-order valence-corrected chi connectivity index (χ4v) is 6.53. The zero-order valence-electron chi connectivity index (χ0n) is 24.5. The van der Waals surface area contributed by atoms with Gasteiger partial charge in [0.1, 0.15) is 11.9 Å². The topological polar surface area (TPSA) is 66.4 Å². The third-order valence-electron chi connectivity index (χ3n) is 8.32. The van der Waals surface area contributed by atoms with Crippen LogP contribution in [0.3, 0.4) is 0 Å². The van der Waals surface area contributed by atoms with E-state index in [0.29, 0.717) is 6.42 Å². The van der Waals surface area contributed by atoms with Crippen LogP contribution in [0.1, 0.15) is 72.7 Å². The highest BCUT2D eigenvalue weighted by Crippen LogP contribution is 2.44. The van der Waals surface area contributed by atoms with Gasteiger partial charge in [0.2, 0.25) is 0 Å². The molecule has 1 N–H and O–H groups in total. The first-order chi connectivity index (χ1) is 17.7. The molecule has 2 aliphatic rings. The van der Waals surface area contributed by atoms with E-state index >= 15 is 0 Å². The van der Waals surface area contributed by atoms with Crippen LogP contribution >= 0.6 is 22.6 Å². The number of halogens is 1. The molecule has 7 atom stereocenters. The lowest BCUT2D eigenvalue weighted by atomic mass is 9.89. The number of aliphatic hydroxyl groups is 1. The monoisotopic (exact) mass is 658 g/mol. The van der Waals surface area contributed by atoms with Crippen LogP contribution in [0, 0.1) is 5.92 Å². The summed E-state index contributed by atoms with van der Waals surface area (Å²) in [4.78, 5) is 0. The molecule has 1 fully saturated rings. The van der Waals surface area contributed by atoms with Gasteiger partial charge in [-0.05, 0) is 66.6 Å². The Kier molecular flexibility index (Phi) is 10.7. The highest BCUT2D eigenvalue weighted by Gasteiger charge is 2.47. The first kappa shape index (κ1) is 31.8. The molecule has 8 heteroatoms. The van der Waals surface area contributed by atoms with Gasteiger partial charge < -0.3 is 28.5 Å². The molecule has 0 saturated carbocycles. The Morgan fingerprint density at radius 3 is 2.39 bits per heavy atom. The van der Waals surface area contributed by atoms with E-state index in [0.717, 1.165) is 29.7 Å². The molecule has 6 nitrogen and oxygen atoms in total. The maximum absolute atomic E-state index is 11.1. The first-order valence-electron chi connectivity index (χ1n) is 13.6. The summed E-state index contributed by atoms with van der Waals surface area (Å²) in [5, 5.41) is 11.1. The van der Waals surface area contributed by atoms with Crippen molar-refractivity contribution in [3.63, 3.8) is 0 Å². The smallest absolute Gasteiger partial charge is 0.192 e. The molecule has 0 bridgehead atoms. The van der Waals surface area contributed by atoms with Crippen LogP contribution in [-0.4, -0.2) is 50.7 Å². The highest BCUT2D eigenvalue weighted by molar-refractivity contribution is 14.1. The largest absolute Gasteiger partial charge is 0.497 e. The lowest BCUT2D eigenvalue weighted by Crippen LogP contribution is -2.46. The Hall–Kier alpha value is -0.753. The van der Waals surface area contributed by atoms with Gasteiger partial charge in [0.15, 0.2) is 20.9 Å². The van der Waals surface area contributed by atoms with E-state index in [1.54, 1.807) is 7.11 Å². The summed E-state index contributed by atoms with van der Waals surface area (Å²) < 4.78 is 33.6. The van der Waals surface area contributed by atoms with Crippen LogP contribution < -0.4 is 4.74 Å². The normalized spacial score (nSPS) is 34.7. The number of aliphatic hydroxyl groups excluding tert-OH is 1. The van der Waals surface area contributed by atoms with Crippen LogP contribution in [0.2, 0.25) is 18.1 Å². The van der Waals surface area contributed by atoms with Gasteiger partial charge in [0.25, 0.3) is 0 Å². The number of rotatable bonds is 5. The predicted molar refractivity (Wildman–Crippen MR) is 163 cm³/mol. The SMILES string of the molecule is COc1ccc(C2O[C@H]3/C=C/[C@H](C)[C@@H](/C(C)=C/I)OC(O)CC(O[Si](C)(C)C(C)(C)C)CC[C@@]3(C)O2)cc1. The van der Waals surface area contributed by atoms with Gasteiger partial charge in [-0.1, -0.05) is 74.6 Å². The van der Waals surface area contributed by atoms with E-state index in [-0.39, 0.29) is 29.3 Å². The third-order valence-corrected chi connectivity index (χ3v) is 13.8. The first-order valence-corrected chi connectivity index (χ1v) is 17.8. The van der Waals surface area contributed by atoms with E-state index in [1.807, 2.05) is 35.3 Å². The molecular weight excluding hydrogens is 611 g/mol. The zero-order chi connectivity index (χ0) is 28.3. The van der Waals surface area contributed by atoms with Gasteiger partial charge >= 0.3 is 0 Å². The minimum atomic E-state index is -2.08. The summed E-state index contributed by atoms with van der Waals surface area (Å²) in [5.41, 5.74) is 1.48. The molecule has 3 unspecified atom stereocenters. The van der Waals surface area contributed by atoms with E-state index < -0.39 is 26.5 Å². The van der Waals surface area contributed by atoms with Crippen molar-refractivity contribution in [1.82, 2.24) is 0 Å². The third kappa shape index (κ3) is 7.71. The standard InChI is InChI=1S/C30H47IO6Si/c1-20-10-15-25-30(6,36-28(34-25)22-11-13-23(33-7)14-12-22)17-16-24(37-38(8,9)29(3,4)5)18-26(32)35-27(20)21(2)19-31/h10-15,19-20,24-28,32H,16-18H2,1-9H3/b15-10+,21-19+/t20-,24?,25-,26?,27-,28?,30+/m0/s1. The van der Waals surface area contributed by atoms with Crippen molar-refractivity contribution >= 4 is 30.9 Å². The lowest BCUT2D eigenvalue weighted by molar-refractivity contribution is -0.150. The van der Waals surface area contributed by atoms with Gasteiger partial charge in [-0.15, -0.1) is 0 Å². The van der Waals surface area contributed by atoms with E-state index in [2.05, 4.69) is 82.5 Å². The molecule has 3 rings (SSSR count). The summed E-state index contributed by atoms with van der Waals surface area (Å²) in [6.45, 7) is 17.5. The number of ether oxygens (including phenoxy) is 4. The Morgan fingerprint density at radius 1 is 1.16 bits per heavy atom. The van der Waals surface area contributed by atoms with Crippen LogP contribution in [0.4, 0.5) is 0 Å². The van der Waals surface area contributed by atoms with E-state index in [1.165, 1.54) is 0 Å². The minimum absolute atomic E-state index is 0.0303. The molecule has 0 aromatic heterocycles. The van der Waals surface area contributed by atoms with Gasteiger partial charge in [-0.3, -0.25) is 0 Å². The molecule has 2 heterocycles. The van der Waals surface area contributed by atoms with Crippen LogP contribution in [0.25, 0.3) is 0 Å². The second kappa shape index (κ2) is 12.8. The Balaban J connectivity index is 1.95. The lowest BCUT2D eigenvalue weighted by Gasteiger charge is -2.41. The molecule has 38 heavy (non-hydrogen) atoms. The van der Waals surface area contributed by atoms with Crippen molar-refractivity contribution in [3.8, 4) is 5.75 Å². The van der Waals surface area contributed by atoms with Crippen LogP contribution in [0.15, 0.2) is 46.1 Å². The van der Waals surface area contributed by atoms with Gasteiger partial charge in [-0.2, -0.15) is 0 Å². The average Bonchev–Trinajstić information content (AvgIpc) is 3.19. The van der Waals surface area contributed by atoms with Crippen LogP contribution in [-0.2, 0) is 18.6 Å². The highest BCUT2D eigenvalue weighted by atomic mass is 127. The van der Waals surface area contributed by atoms with Crippen molar-refractivity contribution in [2.45, 2.75) is 115 Å². The molecule has 0 amide bonds. The molecule has 2 aliphatic heterocycles. The molecule has 0 radical (unpaired) electrons. The van der Waals surface area contributed by atoms with Gasteiger partial charge in [-0.25, -0.2) is 0 Å². The minimum Gasteiger partial charge on any atom is -0.497 e. The number of methoxy groups -OCH3 is 1. The maximum Gasteiger partial charge on any atom is 0.192 e. The molecule has 1 saturated heterocycles. The summed E-state index contributed by atoms with van der Waals surface area (Å²) in [6, 6.07) is 7.84. The summed E-state index contributed by atoms with van der Waals surface area (Å²) >= 11 is 2.24. The van der Waals surface area contributed by atoms with Crippen molar-refractivity contribution < 1.29 is 28.5 Å². The quantitative estimate of drug-likeness (QED) is 0.199. The molecule has 1 aromatic carbocycles. The summed E-state index contributed by atoms with van der Waals surface area (Å²) in [6.07, 6.45) is 4.07. The summed E-state index contributed by atoms with van der Waals surface area (Å²) in [7, 11) is -0.421. The molecule has 1 aromatic rings. The van der Waals surface area contributed by atoms with E-state index in [9.17, 15) is 5.11 Å². The number of hydrogen-bond donors (Lipinski definition) is 1. The Morgan fingerprint density at radius 2 is 1.82 bits per heavy atom. The predicted octanol–water partition coefficient (Wildman–Crippen LogP) is 7.68. The molecule has 214 valence electrons. The second-order valence-corrected chi connectivity index (χ2v) is 17.9. The van der Waals surface area contributed by atoms with Crippen molar-refractivity contribution in [2.24, 2.45) is 5.92 Å². The zero-order valence-corrected chi connectivity index (χ0v) is 27.7. The van der Waals surface area contributed by atoms with Crippen molar-refractivity contribution in [3.05, 3.63) is 51.6 Å². The molecule has 0 spiro atoms. The Labute approximate surface area is 244 Å². The fourth-order valence-electron chi connectivity index (χ4n) is 4.77. The van der Waals surface area contributed by atoms with Crippen molar-refractivity contribution in [1.29, 1.82) is 0 Å². The van der Waals surface area contributed by atoms with E-state index in [4.69, 9.17) is 23.4 Å². The maximum atomic E-state index is 11.1. The van der Waals surface area contributed by atoms with Gasteiger partial charge in [0.05, 0.1) is 18.8 Å². The van der Waals surface area contributed by atoms with Crippen molar-refractivity contribution in [2.75, 3.05) is 7.11 Å². The number of hydrogen-bond acceptors (Lipinski definition) is 6. The number of benzene rings is 1. The average molecular weight is 659 g/mol. The van der Waals surface area contributed by atoms with Crippen LogP contribution in [0.5, 0.6) is 5.75 Å². The second-order valence-electron chi connectivity index (χ2n) is 12.5. The number of fused-ring (bicyclic) bond motifs is 1. The Bertz CT molecular complexity index is 972. The van der Waals surface area contributed by atoms with Gasteiger partial charge in [0, 0.05) is 24.0 Å². The fraction of sp³-hybridized carbons (Fsp3) is 0.667. The summed E-state index contributed by atoms with van der Waals surface area (Å²) in [5.74, 6) is 0.829. The molecular formula is C30H47IO6Si. The molecule has 0 aliphatic carbocycles.